The van der Waals surface area contributed by atoms with Crippen LogP contribution in [-0.4, -0.2) is 11.0 Å². The molecular weight excluding hydrogens is 386 g/mol. The fourth-order valence-electron chi connectivity index (χ4n) is 3.19. The van der Waals surface area contributed by atoms with Crippen LogP contribution < -0.4 is 15.4 Å². The smallest absolute Gasteiger partial charge is 0.323 e. The Labute approximate surface area is 181 Å². The van der Waals surface area contributed by atoms with Crippen LogP contribution in [0.3, 0.4) is 0 Å². The van der Waals surface area contributed by atoms with E-state index in [2.05, 4.69) is 15.6 Å². The number of benzene rings is 3. The van der Waals surface area contributed by atoms with Crippen LogP contribution in [0.15, 0.2) is 97.2 Å². The summed E-state index contributed by atoms with van der Waals surface area (Å²) < 4.78 is 5.90. The van der Waals surface area contributed by atoms with Crippen LogP contribution in [0, 0.1) is 6.92 Å². The molecule has 0 unspecified atom stereocenters. The van der Waals surface area contributed by atoms with Gasteiger partial charge < -0.3 is 15.4 Å². The van der Waals surface area contributed by atoms with E-state index in [1.165, 1.54) is 0 Å². The van der Waals surface area contributed by atoms with Crippen LogP contribution in [-0.2, 0) is 6.61 Å². The predicted octanol–water partition coefficient (Wildman–Crippen LogP) is 6.28. The van der Waals surface area contributed by atoms with Crippen LogP contribution in [0.1, 0.15) is 11.3 Å². The van der Waals surface area contributed by atoms with Crippen molar-refractivity contribution in [2.45, 2.75) is 13.5 Å². The highest BCUT2D eigenvalue weighted by molar-refractivity contribution is 6.00. The predicted molar refractivity (Wildman–Crippen MR) is 124 cm³/mol. The molecule has 2 amide bonds. The largest absolute Gasteiger partial charge is 0.487 e. The Morgan fingerprint density at radius 2 is 1.58 bits per heavy atom. The summed E-state index contributed by atoms with van der Waals surface area (Å²) in [6.45, 7) is 2.39. The lowest BCUT2D eigenvalue weighted by Crippen LogP contribution is -2.19. The van der Waals surface area contributed by atoms with Gasteiger partial charge in [0.05, 0.1) is 5.69 Å². The number of nitrogens with zero attached hydrogens (tertiary/aromatic N) is 1. The number of carbonyl (C=O) groups excluding carboxylic acids is 1. The van der Waals surface area contributed by atoms with Gasteiger partial charge in [-0.25, -0.2) is 4.79 Å². The van der Waals surface area contributed by atoms with Gasteiger partial charge in [0.25, 0.3) is 0 Å². The van der Waals surface area contributed by atoms with Gasteiger partial charge in [-0.2, -0.15) is 0 Å². The van der Waals surface area contributed by atoms with Gasteiger partial charge in [-0.3, -0.25) is 4.98 Å². The number of pyridine rings is 1. The molecule has 0 fully saturated rings. The molecule has 0 bridgehead atoms. The number of nitrogens with one attached hydrogen (secondary N) is 2. The molecule has 4 rings (SSSR count). The third-order valence-corrected chi connectivity index (χ3v) is 4.75. The number of anilines is 2. The second-order valence-corrected chi connectivity index (χ2v) is 7.11. The van der Waals surface area contributed by atoms with Crippen molar-refractivity contribution >= 4 is 17.4 Å². The van der Waals surface area contributed by atoms with Gasteiger partial charge >= 0.3 is 6.03 Å². The first kappa shape index (κ1) is 20.2. The first-order valence-corrected chi connectivity index (χ1v) is 10.0. The molecule has 0 aliphatic rings. The molecule has 2 N–H and O–H groups in total. The molecule has 5 nitrogen and oxygen atoms in total. The Morgan fingerprint density at radius 3 is 2.35 bits per heavy atom. The average Bonchev–Trinajstić information content (AvgIpc) is 2.80. The van der Waals surface area contributed by atoms with Gasteiger partial charge in [-0.1, -0.05) is 54.6 Å². The van der Waals surface area contributed by atoms with Crippen LogP contribution in [0.4, 0.5) is 16.2 Å². The fourth-order valence-corrected chi connectivity index (χ4v) is 3.19. The Kier molecular flexibility index (Phi) is 6.24. The molecule has 4 aromatic rings. The third-order valence-electron chi connectivity index (χ3n) is 4.75. The number of hydrogen-bond donors (Lipinski definition) is 2. The lowest BCUT2D eigenvalue weighted by atomic mass is 10.1. The minimum Gasteiger partial charge on any atom is -0.487 e. The Morgan fingerprint density at radius 1 is 0.839 bits per heavy atom. The van der Waals surface area contributed by atoms with E-state index in [-0.39, 0.29) is 6.03 Å². The van der Waals surface area contributed by atoms with Crippen LogP contribution >= 0.6 is 0 Å². The zero-order valence-corrected chi connectivity index (χ0v) is 17.2. The molecule has 0 spiro atoms. The second-order valence-electron chi connectivity index (χ2n) is 7.11. The summed E-state index contributed by atoms with van der Waals surface area (Å²) in [5.74, 6) is 0.616. The number of para-hydroxylation sites is 2. The zero-order chi connectivity index (χ0) is 21.5. The summed E-state index contributed by atoms with van der Waals surface area (Å²) in [5.41, 5.74) is 5.50. The van der Waals surface area contributed by atoms with Crippen molar-refractivity contribution in [3.05, 3.63) is 108 Å². The molecule has 31 heavy (non-hydrogen) atoms. The van der Waals surface area contributed by atoms with Crippen molar-refractivity contribution in [1.29, 1.82) is 0 Å². The van der Waals surface area contributed by atoms with Gasteiger partial charge in [0.15, 0.2) is 0 Å². The molecule has 0 aliphatic heterocycles. The number of rotatable bonds is 6. The van der Waals surface area contributed by atoms with Crippen molar-refractivity contribution in [2.75, 3.05) is 10.6 Å². The van der Waals surface area contributed by atoms with Gasteiger partial charge in [-0.05, 0) is 60.0 Å². The number of carbonyl (C=O) groups is 1. The standard InChI is InChI=1S/C26H23N3O2/c1-19-17-22(15-16-27-19)21-11-13-23(14-12-21)28-26(30)29-24-9-5-6-10-25(24)31-18-20-7-3-2-4-8-20/h2-17H,18H2,1H3,(H2,28,29,30). The molecule has 1 aromatic heterocycles. The van der Waals surface area contributed by atoms with E-state index in [1.807, 2.05) is 97.9 Å². The van der Waals surface area contributed by atoms with Crippen molar-refractivity contribution < 1.29 is 9.53 Å². The Bertz CT molecular complexity index is 1160. The zero-order valence-electron chi connectivity index (χ0n) is 17.2. The monoisotopic (exact) mass is 409 g/mol. The lowest BCUT2D eigenvalue weighted by Gasteiger charge is -2.13. The van der Waals surface area contributed by atoms with Crippen LogP contribution in [0.2, 0.25) is 0 Å². The fraction of sp³-hybridized carbons (Fsp3) is 0.0769. The molecular formula is C26H23N3O2. The number of urea groups is 1. The van der Waals surface area contributed by atoms with Gasteiger partial charge in [0, 0.05) is 17.6 Å². The molecule has 0 saturated carbocycles. The summed E-state index contributed by atoms with van der Waals surface area (Å²) in [7, 11) is 0. The Hall–Kier alpha value is -4.12. The van der Waals surface area contributed by atoms with E-state index in [4.69, 9.17) is 4.74 Å². The van der Waals surface area contributed by atoms with Gasteiger partial charge in [0.2, 0.25) is 0 Å². The Balaban J connectivity index is 1.39. The molecule has 154 valence electrons. The number of amides is 2. The summed E-state index contributed by atoms with van der Waals surface area (Å²) in [5, 5.41) is 5.73. The molecule has 0 atom stereocenters. The normalized spacial score (nSPS) is 10.4. The molecule has 5 heteroatoms. The van der Waals surface area contributed by atoms with E-state index in [0.717, 1.165) is 22.4 Å². The van der Waals surface area contributed by atoms with Gasteiger partial charge in [0.1, 0.15) is 12.4 Å². The van der Waals surface area contributed by atoms with Crippen LogP contribution in [0.5, 0.6) is 5.75 Å². The maximum atomic E-state index is 12.5. The third kappa shape index (κ3) is 5.48. The minimum atomic E-state index is -0.330. The van der Waals surface area contributed by atoms with E-state index < -0.39 is 0 Å². The number of ether oxygens (including phenoxy) is 1. The quantitative estimate of drug-likeness (QED) is 0.394. The van der Waals surface area contributed by atoms with Gasteiger partial charge in [-0.15, -0.1) is 0 Å². The van der Waals surface area contributed by atoms with Crippen LogP contribution in [0.25, 0.3) is 11.1 Å². The van der Waals surface area contributed by atoms with E-state index >= 15 is 0 Å². The summed E-state index contributed by atoms with van der Waals surface area (Å²) in [6, 6.07) is 28.7. The lowest BCUT2D eigenvalue weighted by molar-refractivity contribution is 0.261. The van der Waals surface area contributed by atoms with Crippen molar-refractivity contribution in [1.82, 2.24) is 4.98 Å². The van der Waals surface area contributed by atoms with E-state index in [9.17, 15) is 4.79 Å². The highest BCUT2D eigenvalue weighted by Gasteiger charge is 2.08. The molecule has 0 aliphatic carbocycles. The SMILES string of the molecule is Cc1cc(-c2ccc(NC(=O)Nc3ccccc3OCc3ccccc3)cc2)ccn1. The molecule has 0 saturated heterocycles. The highest BCUT2D eigenvalue weighted by Crippen LogP contribution is 2.26. The molecule has 0 radical (unpaired) electrons. The number of aryl methyl sites for hydroxylation is 1. The molecule has 3 aromatic carbocycles. The average molecular weight is 409 g/mol. The van der Waals surface area contributed by atoms with Crippen molar-refractivity contribution in [3.63, 3.8) is 0 Å². The first-order chi connectivity index (χ1) is 15.2. The maximum absolute atomic E-state index is 12.5. The first-order valence-electron chi connectivity index (χ1n) is 10.0. The van der Waals surface area contributed by atoms with E-state index in [1.54, 1.807) is 6.20 Å². The maximum Gasteiger partial charge on any atom is 0.323 e. The van der Waals surface area contributed by atoms with Crippen molar-refractivity contribution in [2.24, 2.45) is 0 Å². The van der Waals surface area contributed by atoms with E-state index in [0.29, 0.717) is 23.7 Å². The minimum absolute atomic E-state index is 0.330. The number of hydrogen-bond acceptors (Lipinski definition) is 3. The number of aromatic nitrogens is 1. The summed E-state index contributed by atoms with van der Waals surface area (Å²) >= 11 is 0. The van der Waals surface area contributed by atoms with Crippen molar-refractivity contribution in [3.8, 4) is 16.9 Å². The summed E-state index contributed by atoms with van der Waals surface area (Å²) in [6.07, 6.45) is 1.79. The highest BCUT2D eigenvalue weighted by atomic mass is 16.5. The topological polar surface area (TPSA) is 63.2 Å². The molecule has 1 heterocycles. The summed E-state index contributed by atoms with van der Waals surface area (Å²) in [4.78, 5) is 16.7. The second kappa shape index (κ2) is 9.59.